The van der Waals surface area contributed by atoms with Crippen LogP contribution in [0.25, 0.3) is 0 Å². The lowest BCUT2D eigenvalue weighted by atomic mass is 9.92. The van der Waals surface area contributed by atoms with Crippen LogP contribution in [-0.2, 0) is 4.74 Å². The molecule has 3 rings (SSSR count). The zero-order valence-corrected chi connectivity index (χ0v) is 12.4. The second-order valence-electron chi connectivity index (χ2n) is 6.13. The van der Waals surface area contributed by atoms with Crippen LogP contribution < -0.4 is 14.8 Å². The number of rotatable bonds is 3. The molecule has 0 bridgehead atoms. The molecule has 110 valence electrons. The van der Waals surface area contributed by atoms with E-state index in [1.807, 2.05) is 26.0 Å². The fourth-order valence-electron chi connectivity index (χ4n) is 3.04. The number of hydrogen-bond acceptors (Lipinski definition) is 4. The first-order valence-corrected chi connectivity index (χ1v) is 7.37. The Balaban J connectivity index is 1.67. The van der Waals surface area contributed by atoms with E-state index in [1.165, 1.54) is 19.3 Å². The van der Waals surface area contributed by atoms with E-state index < -0.39 is 5.79 Å². The zero-order valence-electron chi connectivity index (χ0n) is 12.4. The lowest BCUT2D eigenvalue weighted by Crippen LogP contribution is -2.31. The van der Waals surface area contributed by atoms with E-state index in [9.17, 15) is 0 Å². The van der Waals surface area contributed by atoms with Gasteiger partial charge in [-0.05, 0) is 37.8 Å². The molecule has 1 aromatic rings. The highest BCUT2D eigenvalue weighted by Crippen LogP contribution is 2.41. The Hall–Kier alpha value is -1.42. The van der Waals surface area contributed by atoms with Crippen LogP contribution in [0.4, 0.5) is 5.69 Å². The van der Waals surface area contributed by atoms with Crippen LogP contribution in [0.3, 0.4) is 0 Å². The molecule has 20 heavy (non-hydrogen) atoms. The average Bonchev–Trinajstić information content (AvgIpc) is 2.72. The summed E-state index contributed by atoms with van der Waals surface area (Å²) in [6.07, 6.45) is 5.03. The molecule has 0 aromatic heterocycles. The third kappa shape index (κ3) is 2.85. The fraction of sp³-hybridized carbons (Fsp3) is 0.625. The summed E-state index contributed by atoms with van der Waals surface area (Å²) in [7, 11) is 1.80. The standard InChI is InChI=1S/C16H23NO3/c1-16(2)19-14-8-7-12(10-15(14)20-16)17-11-5-4-6-13(9-11)18-3/h7-8,10-11,13,17H,4-6,9H2,1-3H3. The van der Waals surface area contributed by atoms with E-state index >= 15 is 0 Å². The van der Waals surface area contributed by atoms with Gasteiger partial charge < -0.3 is 19.5 Å². The third-order valence-electron chi connectivity index (χ3n) is 3.99. The van der Waals surface area contributed by atoms with Gasteiger partial charge in [-0.1, -0.05) is 0 Å². The Kier molecular flexibility index (Phi) is 3.50. The summed E-state index contributed by atoms with van der Waals surface area (Å²) in [6.45, 7) is 3.84. The topological polar surface area (TPSA) is 39.7 Å². The van der Waals surface area contributed by atoms with Gasteiger partial charge in [-0.15, -0.1) is 0 Å². The zero-order chi connectivity index (χ0) is 14.2. The van der Waals surface area contributed by atoms with Crippen LogP contribution in [0.5, 0.6) is 11.5 Å². The van der Waals surface area contributed by atoms with Crippen molar-refractivity contribution in [3.8, 4) is 11.5 Å². The highest BCUT2D eigenvalue weighted by atomic mass is 16.7. The number of methoxy groups -OCH3 is 1. The summed E-state index contributed by atoms with van der Waals surface area (Å²) in [5.41, 5.74) is 1.09. The molecule has 1 aromatic carbocycles. The maximum Gasteiger partial charge on any atom is 0.246 e. The lowest BCUT2D eigenvalue weighted by molar-refractivity contribution is -0.0431. The summed E-state index contributed by atoms with van der Waals surface area (Å²) >= 11 is 0. The van der Waals surface area contributed by atoms with Crippen molar-refractivity contribution >= 4 is 5.69 Å². The molecule has 0 saturated heterocycles. The highest BCUT2D eigenvalue weighted by molar-refractivity contribution is 5.56. The van der Waals surface area contributed by atoms with Crippen molar-refractivity contribution in [3.63, 3.8) is 0 Å². The molecule has 2 aliphatic rings. The van der Waals surface area contributed by atoms with Crippen molar-refractivity contribution in [1.29, 1.82) is 0 Å². The number of nitrogens with one attached hydrogen (secondary N) is 1. The first-order valence-electron chi connectivity index (χ1n) is 7.37. The summed E-state index contributed by atoms with van der Waals surface area (Å²) in [5.74, 6) is 1.07. The van der Waals surface area contributed by atoms with Crippen LogP contribution in [0.2, 0.25) is 0 Å². The smallest absolute Gasteiger partial charge is 0.246 e. The van der Waals surface area contributed by atoms with Crippen molar-refractivity contribution in [2.45, 2.75) is 57.5 Å². The van der Waals surface area contributed by atoms with Gasteiger partial charge in [0.1, 0.15) is 0 Å². The fourth-order valence-corrected chi connectivity index (χ4v) is 3.04. The molecular weight excluding hydrogens is 254 g/mol. The second kappa shape index (κ2) is 5.17. The monoisotopic (exact) mass is 277 g/mol. The van der Waals surface area contributed by atoms with Gasteiger partial charge in [-0.2, -0.15) is 0 Å². The van der Waals surface area contributed by atoms with E-state index in [4.69, 9.17) is 14.2 Å². The molecule has 1 aliphatic carbocycles. The first-order chi connectivity index (χ1) is 9.55. The molecule has 4 heteroatoms. The molecule has 1 N–H and O–H groups in total. The summed E-state index contributed by atoms with van der Waals surface area (Å²) < 4.78 is 17.0. The highest BCUT2D eigenvalue weighted by Gasteiger charge is 2.31. The molecule has 1 aliphatic heterocycles. The van der Waals surface area contributed by atoms with Gasteiger partial charge in [-0.25, -0.2) is 0 Å². The minimum atomic E-state index is -0.563. The summed E-state index contributed by atoms with van der Waals surface area (Å²) in [5, 5.41) is 3.59. The molecule has 1 fully saturated rings. The van der Waals surface area contributed by atoms with Crippen LogP contribution in [0.15, 0.2) is 18.2 Å². The Morgan fingerprint density at radius 3 is 2.80 bits per heavy atom. The van der Waals surface area contributed by atoms with Gasteiger partial charge in [0.05, 0.1) is 6.10 Å². The normalized spacial score (nSPS) is 27.4. The quantitative estimate of drug-likeness (QED) is 0.917. The minimum Gasteiger partial charge on any atom is -0.449 e. The van der Waals surface area contributed by atoms with E-state index in [0.717, 1.165) is 23.6 Å². The SMILES string of the molecule is COC1CCCC(Nc2ccc3c(c2)OC(C)(C)O3)C1. The van der Waals surface area contributed by atoms with Crippen molar-refractivity contribution in [3.05, 3.63) is 18.2 Å². The van der Waals surface area contributed by atoms with E-state index in [-0.39, 0.29) is 0 Å². The third-order valence-corrected chi connectivity index (χ3v) is 3.99. The molecule has 0 radical (unpaired) electrons. The van der Waals surface area contributed by atoms with Crippen LogP contribution >= 0.6 is 0 Å². The Bertz CT molecular complexity index is 487. The first kappa shape index (κ1) is 13.6. The van der Waals surface area contributed by atoms with Gasteiger partial charge in [0.2, 0.25) is 5.79 Å². The van der Waals surface area contributed by atoms with Crippen molar-refractivity contribution in [1.82, 2.24) is 0 Å². The van der Waals surface area contributed by atoms with Gasteiger partial charge in [-0.3, -0.25) is 0 Å². The molecule has 1 heterocycles. The molecule has 0 amide bonds. The van der Waals surface area contributed by atoms with Crippen molar-refractivity contribution in [2.24, 2.45) is 0 Å². The number of benzene rings is 1. The number of ether oxygens (including phenoxy) is 3. The molecule has 1 saturated carbocycles. The summed E-state index contributed by atoms with van der Waals surface area (Å²) in [6, 6.07) is 6.53. The van der Waals surface area contributed by atoms with E-state index in [0.29, 0.717) is 12.1 Å². The summed E-state index contributed by atoms with van der Waals surface area (Å²) in [4.78, 5) is 0. The number of fused-ring (bicyclic) bond motifs is 1. The van der Waals surface area contributed by atoms with Gasteiger partial charge in [0, 0.05) is 38.8 Å². The predicted octanol–water partition coefficient (Wildman–Crippen LogP) is 3.56. The molecule has 2 atom stereocenters. The predicted molar refractivity (Wildman–Crippen MR) is 78.5 cm³/mol. The van der Waals surface area contributed by atoms with Crippen LogP contribution in [0, 0.1) is 0 Å². The van der Waals surface area contributed by atoms with Gasteiger partial charge >= 0.3 is 0 Å². The number of anilines is 1. The Morgan fingerprint density at radius 2 is 2.00 bits per heavy atom. The Labute approximate surface area is 120 Å². The lowest BCUT2D eigenvalue weighted by Gasteiger charge is -2.29. The number of hydrogen-bond donors (Lipinski definition) is 1. The average molecular weight is 277 g/mol. The largest absolute Gasteiger partial charge is 0.449 e. The van der Waals surface area contributed by atoms with E-state index in [1.54, 1.807) is 7.11 Å². The van der Waals surface area contributed by atoms with Crippen molar-refractivity contribution in [2.75, 3.05) is 12.4 Å². The van der Waals surface area contributed by atoms with Gasteiger partial charge in [0.15, 0.2) is 11.5 Å². The van der Waals surface area contributed by atoms with Crippen molar-refractivity contribution < 1.29 is 14.2 Å². The maximum absolute atomic E-state index is 5.78. The van der Waals surface area contributed by atoms with Gasteiger partial charge in [0.25, 0.3) is 0 Å². The van der Waals surface area contributed by atoms with Crippen LogP contribution in [0.1, 0.15) is 39.5 Å². The minimum absolute atomic E-state index is 0.384. The molecule has 4 nitrogen and oxygen atoms in total. The molecule has 2 unspecified atom stereocenters. The van der Waals surface area contributed by atoms with Crippen LogP contribution in [-0.4, -0.2) is 25.0 Å². The molecular formula is C16H23NO3. The van der Waals surface area contributed by atoms with E-state index in [2.05, 4.69) is 11.4 Å². The molecule has 0 spiro atoms. The second-order valence-corrected chi connectivity index (χ2v) is 6.13. The maximum atomic E-state index is 5.78. The Morgan fingerprint density at radius 1 is 1.20 bits per heavy atom.